The summed E-state index contributed by atoms with van der Waals surface area (Å²) in [7, 11) is 4.15. The fraction of sp³-hybridized carbons (Fsp3) is 1.00. The lowest BCUT2D eigenvalue weighted by atomic mass is 9.91. The highest BCUT2D eigenvalue weighted by atomic mass is 16.3. The van der Waals surface area contributed by atoms with Crippen molar-refractivity contribution in [3.63, 3.8) is 0 Å². The van der Waals surface area contributed by atoms with Crippen LogP contribution in [0.4, 0.5) is 0 Å². The molecule has 1 saturated heterocycles. The Morgan fingerprint density at radius 2 is 2.00 bits per heavy atom. The van der Waals surface area contributed by atoms with E-state index in [0.717, 1.165) is 32.6 Å². The van der Waals surface area contributed by atoms with Crippen molar-refractivity contribution >= 4 is 0 Å². The molecule has 1 aliphatic rings. The van der Waals surface area contributed by atoms with E-state index in [-0.39, 0.29) is 5.60 Å². The molecule has 0 aromatic carbocycles. The van der Waals surface area contributed by atoms with Gasteiger partial charge in [-0.25, -0.2) is 0 Å². The third-order valence-electron chi connectivity index (χ3n) is 2.56. The molecule has 3 heteroatoms. The zero-order valence-electron chi connectivity index (χ0n) is 8.38. The van der Waals surface area contributed by atoms with Crippen LogP contribution >= 0.6 is 0 Å². The molecule has 72 valence electrons. The van der Waals surface area contributed by atoms with Crippen LogP contribution in [-0.4, -0.2) is 60.8 Å². The van der Waals surface area contributed by atoms with E-state index in [2.05, 4.69) is 23.9 Å². The SMILES string of the molecule is CCC1(O)CN(CCN(C)C)C1. The van der Waals surface area contributed by atoms with Crippen molar-refractivity contribution in [1.29, 1.82) is 0 Å². The van der Waals surface area contributed by atoms with Crippen LogP contribution in [0.25, 0.3) is 0 Å². The molecule has 1 aliphatic heterocycles. The highest BCUT2D eigenvalue weighted by molar-refractivity contribution is 4.94. The Balaban J connectivity index is 2.09. The van der Waals surface area contributed by atoms with Crippen molar-refractivity contribution < 1.29 is 5.11 Å². The van der Waals surface area contributed by atoms with Crippen molar-refractivity contribution in [3.8, 4) is 0 Å². The molecule has 0 spiro atoms. The van der Waals surface area contributed by atoms with Gasteiger partial charge in [0.1, 0.15) is 0 Å². The normalized spacial score (nSPS) is 22.8. The van der Waals surface area contributed by atoms with E-state index in [1.54, 1.807) is 0 Å². The summed E-state index contributed by atoms with van der Waals surface area (Å²) in [5.41, 5.74) is -0.369. The van der Waals surface area contributed by atoms with Gasteiger partial charge < -0.3 is 10.0 Å². The Hall–Kier alpha value is -0.120. The minimum absolute atomic E-state index is 0.369. The largest absolute Gasteiger partial charge is 0.387 e. The number of likely N-dealkylation sites (tertiary alicyclic amines) is 1. The van der Waals surface area contributed by atoms with Gasteiger partial charge >= 0.3 is 0 Å². The van der Waals surface area contributed by atoms with E-state index in [4.69, 9.17) is 0 Å². The number of aliphatic hydroxyl groups is 1. The first-order chi connectivity index (χ1) is 5.56. The average molecular weight is 172 g/mol. The van der Waals surface area contributed by atoms with Crippen LogP contribution in [0.3, 0.4) is 0 Å². The van der Waals surface area contributed by atoms with Gasteiger partial charge in [-0.05, 0) is 20.5 Å². The highest BCUT2D eigenvalue weighted by Crippen LogP contribution is 2.23. The lowest BCUT2D eigenvalue weighted by molar-refractivity contribution is -0.100. The Kier molecular flexibility index (Phi) is 3.09. The molecule has 0 unspecified atom stereocenters. The average Bonchev–Trinajstić information content (AvgIpc) is 1.95. The summed E-state index contributed by atoms with van der Waals surface area (Å²) >= 11 is 0. The molecule has 0 amide bonds. The van der Waals surface area contributed by atoms with Gasteiger partial charge in [0.2, 0.25) is 0 Å². The Morgan fingerprint density at radius 1 is 1.42 bits per heavy atom. The number of likely N-dealkylation sites (N-methyl/N-ethyl adjacent to an activating group) is 1. The quantitative estimate of drug-likeness (QED) is 0.647. The van der Waals surface area contributed by atoms with Gasteiger partial charge in [0, 0.05) is 26.2 Å². The summed E-state index contributed by atoms with van der Waals surface area (Å²) in [4.78, 5) is 4.47. The van der Waals surface area contributed by atoms with Crippen LogP contribution in [0.2, 0.25) is 0 Å². The summed E-state index contributed by atoms with van der Waals surface area (Å²) in [5.74, 6) is 0. The van der Waals surface area contributed by atoms with E-state index in [9.17, 15) is 5.11 Å². The topological polar surface area (TPSA) is 26.7 Å². The zero-order chi connectivity index (χ0) is 9.19. The lowest BCUT2D eigenvalue weighted by Crippen LogP contribution is -2.62. The molecular formula is C9H20N2O. The maximum absolute atomic E-state index is 9.70. The van der Waals surface area contributed by atoms with Gasteiger partial charge in [-0.2, -0.15) is 0 Å². The van der Waals surface area contributed by atoms with Gasteiger partial charge in [0.05, 0.1) is 5.60 Å². The smallest absolute Gasteiger partial charge is 0.0897 e. The molecule has 0 atom stereocenters. The maximum Gasteiger partial charge on any atom is 0.0897 e. The third kappa shape index (κ3) is 2.44. The van der Waals surface area contributed by atoms with Gasteiger partial charge in [-0.15, -0.1) is 0 Å². The van der Waals surface area contributed by atoms with Crippen LogP contribution in [0.5, 0.6) is 0 Å². The fourth-order valence-corrected chi connectivity index (χ4v) is 1.51. The number of β-amino-alcohol motifs (C(OH)–C–C–N with tert-alkyl or cyclic N) is 1. The molecule has 0 aliphatic carbocycles. The molecule has 12 heavy (non-hydrogen) atoms. The first-order valence-corrected chi connectivity index (χ1v) is 4.65. The van der Waals surface area contributed by atoms with Crippen molar-refractivity contribution in [1.82, 2.24) is 9.80 Å². The van der Waals surface area contributed by atoms with Crippen molar-refractivity contribution in [2.45, 2.75) is 18.9 Å². The second-order valence-electron chi connectivity index (χ2n) is 4.09. The van der Waals surface area contributed by atoms with Crippen LogP contribution in [0.15, 0.2) is 0 Å². The molecule has 1 fully saturated rings. The summed E-state index contributed by atoms with van der Waals surface area (Å²) in [6, 6.07) is 0. The van der Waals surface area contributed by atoms with E-state index in [0.29, 0.717) is 0 Å². The maximum atomic E-state index is 9.70. The first kappa shape index (κ1) is 9.96. The number of hydrogen-bond acceptors (Lipinski definition) is 3. The standard InChI is InChI=1S/C9H20N2O/c1-4-9(12)7-11(8-9)6-5-10(2)3/h12H,4-8H2,1-3H3. The number of nitrogens with zero attached hydrogens (tertiary/aromatic N) is 2. The van der Waals surface area contributed by atoms with Crippen LogP contribution in [0.1, 0.15) is 13.3 Å². The Labute approximate surface area is 75.0 Å². The summed E-state index contributed by atoms with van der Waals surface area (Å²) in [5, 5.41) is 9.70. The molecular weight excluding hydrogens is 152 g/mol. The first-order valence-electron chi connectivity index (χ1n) is 4.65. The second kappa shape index (κ2) is 3.73. The van der Waals surface area contributed by atoms with Gasteiger partial charge in [-0.3, -0.25) is 4.90 Å². The van der Waals surface area contributed by atoms with Crippen molar-refractivity contribution in [3.05, 3.63) is 0 Å². The van der Waals surface area contributed by atoms with Crippen LogP contribution in [-0.2, 0) is 0 Å². The Morgan fingerprint density at radius 3 is 2.42 bits per heavy atom. The van der Waals surface area contributed by atoms with E-state index in [1.807, 2.05) is 6.92 Å². The minimum atomic E-state index is -0.369. The van der Waals surface area contributed by atoms with E-state index >= 15 is 0 Å². The predicted molar refractivity (Wildman–Crippen MR) is 50.2 cm³/mol. The number of rotatable bonds is 4. The molecule has 0 aromatic heterocycles. The molecule has 1 heterocycles. The van der Waals surface area contributed by atoms with Crippen molar-refractivity contribution in [2.24, 2.45) is 0 Å². The fourth-order valence-electron chi connectivity index (χ4n) is 1.51. The number of hydrogen-bond donors (Lipinski definition) is 1. The molecule has 1 N–H and O–H groups in total. The lowest BCUT2D eigenvalue weighted by Gasteiger charge is -2.46. The molecule has 3 nitrogen and oxygen atoms in total. The minimum Gasteiger partial charge on any atom is -0.387 e. The van der Waals surface area contributed by atoms with E-state index < -0.39 is 0 Å². The monoisotopic (exact) mass is 172 g/mol. The highest BCUT2D eigenvalue weighted by Gasteiger charge is 2.38. The van der Waals surface area contributed by atoms with Gasteiger partial charge in [-0.1, -0.05) is 6.92 Å². The Bertz CT molecular complexity index is 141. The van der Waals surface area contributed by atoms with Gasteiger partial charge in [0.15, 0.2) is 0 Å². The summed E-state index contributed by atoms with van der Waals surface area (Å²) in [6.45, 7) is 5.92. The molecule has 0 radical (unpaired) electrons. The van der Waals surface area contributed by atoms with Gasteiger partial charge in [0.25, 0.3) is 0 Å². The summed E-state index contributed by atoms with van der Waals surface area (Å²) in [6.07, 6.45) is 0.880. The van der Waals surface area contributed by atoms with Crippen LogP contribution < -0.4 is 0 Å². The molecule has 0 bridgehead atoms. The third-order valence-corrected chi connectivity index (χ3v) is 2.56. The molecule has 1 rings (SSSR count). The zero-order valence-corrected chi connectivity index (χ0v) is 8.38. The van der Waals surface area contributed by atoms with E-state index in [1.165, 1.54) is 0 Å². The summed E-state index contributed by atoms with van der Waals surface area (Å²) < 4.78 is 0. The second-order valence-corrected chi connectivity index (χ2v) is 4.09. The van der Waals surface area contributed by atoms with Crippen molar-refractivity contribution in [2.75, 3.05) is 40.3 Å². The predicted octanol–water partition coefficient (Wildman–Crippen LogP) is 0.00470. The molecule has 0 aromatic rings. The van der Waals surface area contributed by atoms with Crippen LogP contribution in [0, 0.1) is 0 Å². The molecule has 0 saturated carbocycles.